The van der Waals surface area contributed by atoms with E-state index in [1.54, 1.807) is 18.2 Å². The van der Waals surface area contributed by atoms with Crippen molar-refractivity contribution < 1.29 is 64.2 Å². The van der Waals surface area contributed by atoms with E-state index in [4.69, 9.17) is 33.5 Å². The minimum Gasteiger partial charge on any atom is -0.493 e. The van der Waals surface area contributed by atoms with Crippen molar-refractivity contribution >= 4 is 6.08 Å². The van der Waals surface area contributed by atoms with Crippen molar-refractivity contribution in [2.24, 2.45) is 0 Å². The Hall–Kier alpha value is -3.14. The Labute approximate surface area is 231 Å². The van der Waals surface area contributed by atoms with Gasteiger partial charge >= 0.3 is 0 Å². The maximum atomic E-state index is 11.1. The van der Waals surface area contributed by atoms with Crippen molar-refractivity contribution in [2.75, 3.05) is 41.2 Å². The van der Waals surface area contributed by atoms with Crippen molar-refractivity contribution in [3.63, 3.8) is 0 Å². The van der Waals surface area contributed by atoms with E-state index in [9.17, 15) is 30.6 Å². The molecule has 1 fully saturated rings. The molecule has 222 valence electrons. The molecule has 40 heavy (non-hydrogen) atoms. The fourth-order valence-electron chi connectivity index (χ4n) is 4.12. The molecule has 13 heteroatoms. The van der Waals surface area contributed by atoms with Crippen LogP contribution in [0.3, 0.4) is 0 Å². The zero-order chi connectivity index (χ0) is 29.4. The summed E-state index contributed by atoms with van der Waals surface area (Å²) in [6.07, 6.45) is -6.75. The van der Waals surface area contributed by atoms with Crippen LogP contribution in [0.15, 0.2) is 36.4 Å². The Bertz CT molecular complexity index is 1100. The molecule has 0 bridgehead atoms. The molecule has 3 rings (SSSR count). The summed E-state index contributed by atoms with van der Waals surface area (Å²) < 4.78 is 33.2. The second-order valence-electron chi connectivity index (χ2n) is 8.85. The number of benzene rings is 2. The van der Waals surface area contributed by atoms with Crippen LogP contribution in [0.1, 0.15) is 17.2 Å². The number of methoxy groups -OCH3 is 3. The predicted molar refractivity (Wildman–Crippen MR) is 140 cm³/mol. The first-order chi connectivity index (χ1) is 19.2. The van der Waals surface area contributed by atoms with Crippen molar-refractivity contribution in [3.8, 4) is 28.7 Å². The molecule has 1 heterocycles. The summed E-state index contributed by atoms with van der Waals surface area (Å²) in [4.78, 5) is 0. The topological polar surface area (TPSA) is 197 Å². The summed E-state index contributed by atoms with van der Waals surface area (Å²) in [6, 6.07) is 7.58. The molecule has 1 aliphatic heterocycles. The number of hydrogen-bond donors (Lipinski definition) is 7. The quantitative estimate of drug-likeness (QED) is 0.161. The van der Waals surface area contributed by atoms with Crippen LogP contribution in [0.5, 0.6) is 28.7 Å². The first-order valence-electron chi connectivity index (χ1n) is 12.4. The standard InChI is InChI=1S/C27H36O13/c1-35-17-11-15(6-7-16(17)39-27-25(34)24(33)23(32)21(13-30)40-27)22(31)20(12-29)38-26-18(36-2)9-14(5-4-8-28)10-19(26)37-3/h4-7,9-11,20-25,27-34H,8,12-13H2,1-3H3/b5-4+/t20-,21+,22?,23+,24-,25+,27+/m0/s1. The van der Waals surface area contributed by atoms with E-state index in [-0.39, 0.29) is 40.9 Å². The molecule has 2 aromatic rings. The highest BCUT2D eigenvalue weighted by Gasteiger charge is 2.45. The molecular formula is C27H36O13. The Balaban J connectivity index is 1.84. The van der Waals surface area contributed by atoms with Crippen LogP contribution in [-0.4, -0.2) is 114 Å². The molecule has 7 N–H and O–H groups in total. The molecular weight excluding hydrogens is 532 g/mol. The smallest absolute Gasteiger partial charge is 0.229 e. The van der Waals surface area contributed by atoms with E-state index in [1.807, 2.05) is 0 Å². The highest BCUT2D eigenvalue weighted by atomic mass is 16.7. The third-order valence-electron chi connectivity index (χ3n) is 6.32. The highest BCUT2D eigenvalue weighted by molar-refractivity contribution is 5.62. The van der Waals surface area contributed by atoms with Crippen molar-refractivity contribution in [3.05, 3.63) is 47.5 Å². The van der Waals surface area contributed by atoms with Crippen LogP contribution in [0.2, 0.25) is 0 Å². The summed E-state index contributed by atoms with van der Waals surface area (Å²) in [5, 5.41) is 69.9. The van der Waals surface area contributed by atoms with Gasteiger partial charge in [0.15, 0.2) is 29.1 Å². The van der Waals surface area contributed by atoms with Crippen LogP contribution < -0.4 is 23.7 Å². The number of ether oxygens (including phenoxy) is 6. The molecule has 0 aromatic heterocycles. The van der Waals surface area contributed by atoms with Crippen LogP contribution >= 0.6 is 0 Å². The predicted octanol–water partition coefficient (Wildman–Crippen LogP) is -0.630. The summed E-state index contributed by atoms with van der Waals surface area (Å²) in [5.41, 5.74) is 0.938. The molecule has 13 nitrogen and oxygen atoms in total. The van der Waals surface area contributed by atoms with Gasteiger partial charge in [0.2, 0.25) is 12.0 Å². The highest BCUT2D eigenvalue weighted by Crippen LogP contribution is 2.41. The van der Waals surface area contributed by atoms with Gasteiger partial charge < -0.3 is 64.2 Å². The van der Waals surface area contributed by atoms with Crippen LogP contribution in [0.25, 0.3) is 6.08 Å². The van der Waals surface area contributed by atoms with Gasteiger partial charge in [-0.3, -0.25) is 0 Å². The third kappa shape index (κ3) is 6.95. The van der Waals surface area contributed by atoms with Crippen molar-refractivity contribution in [2.45, 2.75) is 42.9 Å². The van der Waals surface area contributed by atoms with Gasteiger partial charge in [0.25, 0.3) is 0 Å². The second-order valence-corrected chi connectivity index (χ2v) is 8.85. The maximum Gasteiger partial charge on any atom is 0.229 e. The largest absolute Gasteiger partial charge is 0.493 e. The van der Waals surface area contributed by atoms with Crippen LogP contribution in [-0.2, 0) is 4.74 Å². The molecule has 2 aromatic carbocycles. The first-order valence-corrected chi connectivity index (χ1v) is 12.4. The molecule has 0 radical (unpaired) electrons. The van der Waals surface area contributed by atoms with E-state index < -0.39 is 56.1 Å². The summed E-state index contributed by atoms with van der Waals surface area (Å²) >= 11 is 0. The summed E-state index contributed by atoms with van der Waals surface area (Å²) in [7, 11) is 4.18. The first kappa shape index (κ1) is 31.4. The maximum absolute atomic E-state index is 11.1. The van der Waals surface area contributed by atoms with Crippen molar-refractivity contribution in [1.29, 1.82) is 0 Å². The lowest BCUT2D eigenvalue weighted by molar-refractivity contribution is -0.277. The van der Waals surface area contributed by atoms with Gasteiger partial charge in [-0.1, -0.05) is 18.2 Å². The Morgan fingerprint density at radius 3 is 2.05 bits per heavy atom. The average molecular weight is 569 g/mol. The summed E-state index contributed by atoms with van der Waals surface area (Å²) in [6.45, 7) is -1.37. The number of aliphatic hydroxyl groups is 7. The fraction of sp³-hybridized carbons (Fsp3) is 0.481. The number of rotatable bonds is 13. The van der Waals surface area contributed by atoms with Gasteiger partial charge in [0, 0.05) is 0 Å². The van der Waals surface area contributed by atoms with Gasteiger partial charge in [-0.15, -0.1) is 0 Å². The monoisotopic (exact) mass is 568 g/mol. The fourth-order valence-corrected chi connectivity index (χ4v) is 4.12. The second kappa shape index (κ2) is 14.5. The lowest BCUT2D eigenvalue weighted by Gasteiger charge is -2.39. The van der Waals surface area contributed by atoms with Gasteiger partial charge in [-0.05, 0) is 35.4 Å². The number of hydrogen-bond acceptors (Lipinski definition) is 13. The van der Waals surface area contributed by atoms with E-state index in [0.717, 1.165) is 0 Å². The number of aliphatic hydroxyl groups excluding tert-OH is 7. The zero-order valence-corrected chi connectivity index (χ0v) is 22.3. The van der Waals surface area contributed by atoms with E-state index in [2.05, 4.69) is 0 Å². The lowest BCUT2D eigenvalue weighted by Crippen LogP contribution is -2.60. The minimum absolute atomic E-state index is 0.0686. The SMILES string of the molecule is COc1cc(C(O)[C@H](CO)Oc2c(OC)cc(/C=C/CO)cc2OC)ccc1O[C@@H]1O[C@H](CO)[C@@H](O)[C@H](O)[C@H]1O. The normalized spacial score (nSPS) is 24.4. The van der Waals surface area contributed by atoms with E-state index in [0.29, 0.717) is 5.56 Å². The van der Waals surface area contributed by atoms with Gasteiger partial charge in [0.1, 0.15) is 30.5 Å². The van der Waals surface area contributed by atoms with Crippen LogP contribution in [0, 0.1) is 0 Å². The molecule has 1 aliphatic rings. The van der Waals surface area contributed by atoms with Crippen LogP contribution in [0.4, 0.5) is 0 Å². The zero-order valence-electron chi connectivity index (χ0n) is 22.3. The molecule has 0 saturated carbocycles. The molecule has 1 saturated heterocycles. The van der Waals surface area contributed by atoms with E-state index in [1.165, 1.54) is 45.6 Å². The van der Waals surface area contributed by atoms with Gasteiger partial charge in [-0.2, -0.15) is 0 Å². The molecule has 0 amide bonds. The average Bonchev–Trinajstić information content (AvgIpc) is 2.98. The summed E-state index contributed by atoms with van der Waals surface area (Å²) in [5.74, 6) is 0.852. The molecule has 0 spiro atoms. The molecule has 7 atom stereocenters. The Kier molecular flexibility index (Phi) is 11.4. The Morgan fingerprint density at radius 2 is 1.50 bits per heavy atom. The Morgan fingerprint density at radius 1 is 0.850 bits per heavy atom. The minimum atomic E-state index is -1.63. The van der Waals surface area contributed by atoms with E-state index >= 15 is 0 Å². The lowest BCUT2D eigenvalue weighted by atomic mass is 9.99. The third-order valence-corrected chi connectivity index (χ3v) is 6.32. The van der Waals surface area contributed by atoms with Gasteiger partial charge in [-0.25, -0.2) is 0 Å². The molecule has 0 aliphatic carbocycles. The molecule has 1 unspecified atom stereocenters. The van der Waals surface area contributed by atoms with Crippen molar-refractivity contribution in [1.82, 2.24) is 0 Å². The van der Waals surface area contributed by atoms with Gasteiger partial charge in [0.05, 0.1) is 41.2 Å².